The van der Waals surface area contributed by atoms with Crippen LogP contribution in [-0.2, 0) is 11.3 Å². The molecule has 0 unspecified atom stereocenters. The van der Waals surface area contributed by atoms with Crippen LogP contribution >= 0.6 is 11.3 Å². The number of carbonyl (C=O) groups excluding carboxylic acids is 1. The Morgan fingerprint density at radius 3 is 2.39 bits per heavy atom. The summed E-state index contributed by atoms with van der Waals surface area (Å²) in [5.74, 6) is 2.96. The first kappa shape index (κ1) is 15.4. The van der Waals surface area contributed by atoms with Crippen molar-refractivity contribution in [1.29, 1.82) is 0 Å². The van der Waals surface area contributed by atoms with Gasteiger partial charge in [-0.25, -0.2) is 4.98 Å². The number of carbonyl (C=O) groups is 1. The van der Waals surface area contributed by atoms with Gasteiger partial charge in [0.05, 0.1) is 12.2 Å². The topological polar surface area (TPSA) is 45.2 Å². The molecule has 1 aromatic rings. The van der Waals surface area contributed by atoms with Gasteiger partial charge in [0, 0.05) is 25.9 Å². The molecule has 4 saturated carbocycles. The van der Waals surface area contributed by atoms with Gasteiger partial charge in [-0.15, -0.1) is 11.3 Å². The van der Waals surface area contributed by atoms with Gasteiger partial charge in [-0.2, -0.15) is 0 Å². The highest BCUT2D eigenvalue weighted by atomic mass is 32.1. The Hall–Kier alpha value is -1.10. The Morgan fingerprint density at radius 2 is 1.87 bits per heavy atom. The van der Waals surface area contributed by atoms with Crippen LogP contribution in [0.15, 0.2) is 5.38 Å². The van der Waals surface area contributed by atoms with E-state index in [1.54, 1.807) is 11.3 Å². The Balaban J connectivity index is 1.33. The molecule has 1 N–H and O–H groups in total. The SMILES string of the molecule is CN(C)c1nc(CNC(=O)CC23CC4CC(CC(C4)C2)C3)cs1. The third-order valence-corrected chi connectivity index (χ3v) is 7.15. The molecule has 1 amide bonds. The largest absolute Gasteiger partial charge is 0.354 e. The summed E-state index contributed by atoms with van der Waals surface area (Å²) in [5.41, 5.74) is 1.30. The van der Waals surface area contributed by atoms with E-state index in [0.717, 1.165) is 35.0 Å². The molecule has 4 bridgehead atoms. The summed E-state index contributed by atoms with van der Waals surface area (Å²) in [6.45, 7) is 0.565. The van der Waals surface area contributed by atoms with Crippen molar-refractivity contribution in [1.82, 2.24) is 10.3 Å². The van der Waals surface area contributed by atoms with E-state index in [4.69, 9.17) is 0 Å². The van der Waals surface area contributed by atoms with Crippen molar-refractivity contribution in [3.63, 3.8) is 0 Å². The smallest absolute Gasteiger partial charge is 0.220 e. The lowest BCUT2D eigenvalue weighted by molar-refractivity contribution is -0.129. The molecule has 5 heteroatoms. The zero-order valence-electron chi connectivity index (χ0n) is 14.2. The van der Waals surface area contributed by atoms with E-state index in [-0.39, 0.29) is 5.91 Å². The average molecular weight is 334 g/mol. The summed E-state index contributed by atoms with van der Waals surface area (Å²) in [6.07, 6.45) is 8.95. The van der Waals surface area contributed by atoms with E-state index in [1.165, 1.54) is 38.5 Å². The minimum atomic E-state index is 0.228. The normalized spacial score (nSPS) is 34.6. The number of amides is 1. The lowest BCUT2D eigenvalue weighted by Crippen LogP contribution is -2.47. The average Bonchev–Trinajstić information content (AvgIpc) is 2.92. The van der Waals surface area contributed by atoms with E-state index >= 15 is 0 Å². The number of hydrogen-bond donors (Lipinski definition) is 1. The molecule has 5 rings (SSSR count). The number of nitrogens with zero attached hydrogens (tertiary/aromatic N) is 2. The molecule has 0 atom stereocenters. The van der Waals surface area contributed by atoms with Gasteiger partial charge in [0.15, 0.2) is 5.13 Å². The van der Waals surface area contributed by atoms with E-state index in [9.17, 15) is 4.79 Å². The molecule has 0 spiro atoms. The standard InChI is InChI=1S/C18H27N3OS/c1-21(2)17-20-15(11-23-17)10-19-16(22)9-18-6-12-3-13(7-18)5-14(4-12)8-18/h11-14H,3-10H2,1-2H3,(H,19,22). The minimum absolute atomic E-state index is 0.228. The molecule has 0 radical (unpaired) electrons. The van der Waals surface area contributed by atoms with E-state index in [2.05, 4.69) is 10.3 Å². The first-order valence-corrected chi connectivity index (χ1v) is 9.78. The van der Waals surface area contributed by atoms with E-state index < -0.39 is 0 Å². The van der Waals surface area contributed by atoms with Crippen LogP contribution in [0.1, 0.15) is 50.6 Å². The van der Waals surface area contributed by atoms with Gasteiger partial charge in [0.1, 0.15) is 0 Å². The number of thiazole rings is 1. The summed E-state index contributed by atoms with van der Waals surface area (Å²) >= 11 is 1.63. The molecule has 23 heavy (non-hydrogen) atoms. The van der Waals surface area contributed by atoms with Crippen molar-refractivity contribution >= 4 is 22.4 Å². The van der Waals surface area contributed by atoms with Crippen LogP contribution in [0.4, 0.5) is 5.13 Å². The molecule has 4 fully saturated rings. The summed E-state index contributed by atoms with van der Waals surface area (Å²) in [6, 6.07) is 0. The van der Waals surface area contributed by atoms with Crippen molar-refractivity contribution in [2.24, 2.45) is 23.2 Å². The zero-order valence-corrected chi connectivity index (χ0v) is 15.0. The van der Waals surface area contributed by atoms with Crippen LogP contribution in [0.25, 0.3) is 0 Å². The van der Waals surface area contributed by atoms with Gasteiger partial charge >= 0.3 is 0 Å². The maximum Gasteiger partial charge on any atom is 0.220 e. The number of rotatable bonds is 5. The quantitative estimate of drug-likeness (QED) is 0.898. The van der Waals surface area contributed by atoms with Crippen LogP contribution < -0.4 is 10.2 Å². The van der Waals surface area contributed by atoms with Crippen LogP contribution in [-0.4, -0.2) is 25.0 Å². The molecule has 4 nitrogen and oxygen atoms in total. The monoisotopic (exact) mass is 333 g/mol. The van der Waals surface area contributed by atoms with Gasteiger partial charge in [0.25, 0.3) is 0 Å². The van der Waals surface area contributed by atoms with Crippen molar-refractivity contribution in [3.8, 4) is 0 Å². The predicted molar refractivity (Wildman–Crippen MR) is 93.5 cm³/mol. The van der Waals surface area contributed by atoms with Gasteiger partial charge in [-0.05, 0) is 61.7 Å². The van der Waals surface area contributed by atoms with Crippen molar-refractivity contribution in [2.75, 3.05) is 19.0 Å². The molecule has 4 aliphatic carbocycles. The Kier molecular flexibility index (Phi) is 3.87. The summed E-state index contributed by atoms with van der Waals surface area (Å²) < 4.78 is 0. The first-order valence-electron chi connectivity index (χ1n) is 8.90. The molecular formula is C18H27N3OS. The van der Waals surface area contributed by atoms with Crippen molar-refractivity contribution < 1.29 is 4.79 Å². The Labute approximate surface area is 142 Å². The molecule has 0 saturated heterocycles. The Morgan fingerprint density at radius 1 is 1.26 bits per heavy atom. The van der Waals surface area contributed by atoms with Crippen LogP contribution in [0, 0.1) is 23.2 Å². The first-order chi connectivity index (χ1) is 11.0. The second-order valence-corrected chi connectivity index (χ2v) is 9.22. The second kappa shape index (κ2) is 5.76. The summed E-state index contributed by atoms with van der Waals surface area (Å²) in [4.78, 5) is 19.0. The van der Waals surface area contributed by atoms with Crippen LogP contribution in [0.3, 0.4) is 0 Å². The van der Waals surface area contributed by atoms with E-state index in [0.29, 0.717) is 12.0 Å². The molecule has 126 valence electrons. The summed E-state index contributed by atoms with van der Waals surface area (Å²) in [5, 5.41) is 6.15. The number of anilines is 1. The van der Waals surface area contributed by atoms with Crippen LogP contribution in [0.5, 0.6) is 0 Å². The maximum absolute atomic E-state index is 12.5. The minimum Gasteiger partial charge on any atom is -0.354 e. The predicted octanol–water partition coefficient (Wildman–Crippen LogP) is 3.43. The fourth-order valence-corrected chi connectivity index (χ4v) is 6.44. The van der Waals surface area contributed by atoms with Gasteiger partial charge in [-0.3, -0.25) is 4.79 Å². The van der Waals surface area contributed by atoms with Crippen molar-refractivity contribution in [3.05, 3.63) is 11.1 Å². The highest BCUT2D eigenvalue weighted by molar-refractivity contribution is 7.13. The molecule has 1 heterocycles. The number of nitrogens with one attached hydrogen (secondary N) is 1. The Bertz CT molecular complexity index is 560. The second-order valence-electron chi connectivity index (χ2n) is 8.39. The molecule has 0 aliphatic heterocycles. The van der Waals surface area contributed by atoms with Gasteiger partial charge in [-0.1, -0.05) is 0 Å². The van der Waals surface area contributed by atoms with E-state index in [1.807, 2.05) is 24.4 Å². The van der Waals surface area contributed by atoms with Gasteiger partial charge < -0.3 is 10.2 Å². The maximum atomic E-state index is 12.5. The molecule has 4 aliphatic rings. The fourth-order valence-electron chi connectivity index (χ4n) is 5.68. The lowest BCUT2D eigenvalue weighted by Gasteiger charge is -2.56. The van der Waals surface area contributed by atoms with Crippen LogP contribution in [0.2, 0.25) is 0 Å². The third kappa shape index (κ3) is 3.12. The molecular weight excluding hydrogens is 306 g/mol. The fraction of sp³-hybridized carbons (Fsp3) is 0.778. The highest BCUT2D eigenvalue weighted by Crippen LogP contribution is 2.61. The molecule has 1 aromatic heterocycles. The molecule has 0 aromatic carbocycles. The summed E-state index contributed by atoms with van der Waals surface area (Å²) in [7, 11) is 3.99. The lowest BCUT2D eigenvalue weighted by atomic mass is 9.49. The number of aromatic nitrogens is 1. The number of hydrogen-bond acceptors (Lipinski definition) is 4. The van der Waals surface area contributed by atoms with Crippen molar-refractivity contribution in [2.45, 2.75) is 51.5 Å². The third-order valence-electron chi connectivity index (χ3n) is 6.09. The van der Waals surface area contributed by atoms with Gasteiger partial charge in [0.2, 0.25) is 5.91 Å². The highest BCUT2D eigenvalue weighted by Gasteiger charge is 2.51. The zero-order chi connectivity index (χ0) is 16.0.